The van der Waals surface area contributed by atoms with Crippen molar-refractivity contribution in [1.29, 1.82) is 0 Å². The number of carbonyl (C=O) groups is 2. The van der Waals surface area contributed by atoms with Gasteiger partial charge in [-0.1, -0.05) is 19.1 Å². The highest BCUT2D eigenvalue weighted by atomic mass is 16.4. The normalized spacial score (nSPS) is 15.1. The van der Waals surface area contributed by atoms with Crippen LogP contribution in [-0.4, -0.2) is 53.7 Å². The minimum atomic E-state index is -0.809. The van der Waals surface area contributed by atoms with Gasteiger partial charge < -0.3 is 20.0 Å². The molecular weight excluding hydrogens is 296 g/mol. The van der Waals surface area contributed by atoms with E-state index >= 15 is 0 Å². The maximum Gasteiger partial charge on any atom is 0.304 e. The molecule has 126 valence electrons. The predicted octanol–water partition coefficient (Wildman–Crippen LogP) is 1.43. The smallest absolute Gasteiger partial charge is 0.304 e. The summed E-state index contributed by atoms with van der Waals surface area (Å²) in [6.07, 6.45) is 0.416. The molecule has 1 aromatic rings. The fraction of sp³-hybridized carbons (Fsp3) is 0.529. The monoisotopic (exact) mass is 320 g/mol. The van der Waals surface area contributed by atoms with Gasteiger partial charge in [0.2, 0.25) is 5.91 Å². The molecule has 1 aliphatic heterocycles. The summed E-state index contributed by atoms with van der Waals surface area (Å²) in [5.41, 5.74) is 2.66. The van der Waals surface area contributed by atoms with Gasteiger partial charge in [-0.2, -0.15) is 0 Å². The zero-order chi connectivity index (χ0) is 17.0. The SMILES string of the molecule is CCN(CCC(=O)O)CCC(O)c1ccc2c(c1)CC(=O)N2C. The Labute approximate surface area is 136 Å². The molecule has 1 atom stereocenters. The standard InChI is InChI=1S/C17H24N2O4/c1-3-19(9-7-17(22)23)8-6-15(20)12-4-5-14-13(10-12)11-16(21)18(14)2/h4-5,10,15,20H,3,6-9,11H2,1-2H3,(H,22,23). The molecule has 23 heavy (non-hydrogen) atoms. The van der Waals surface area contributed by atoms with E-state index in [2.05, 4.69) is 0 Å². The van der Waals surface area contributed by atoms with Crippen LogP contribution in [0.3, 0.4) is 0 Å². The highest BCUT2D eigenvalue weighted by Gasteiger charge is 2.24. The summed E-state index contributed by atoms with van der Waals surface area (Å²) in [5, 5.41) is 19.1. The first-order valence-electron chi connectivity index (χ1n) is 7.94. The van der Waals surface area contributed by atoms with Gasteiger partial charge in [0.1, 0.15) is 0 Å². The number of carboxylic acids is 1. The van der Waals surface area contributed by atoms with Crippen LogP contribution in [0.15, 0.2) is 18.2 Å². The molecule has 0 aromatic heterocycles. The third-order valence-electron chi connectivity index (χ3n) is 4.37. The minimum Gasteiger partial charge on any atom is -0.481 e. The number of rotatable bonds is 8. The largest absolute Gasteiger partial charge is 0.481 e. The second-order valence-electron chi connectivity index (χ2n) is 5.90. The Kier molecular flexibility index (Phi) is 5.74. The van der Waals surface area contributed by atoms with Gasteiger partial charge in [-0.05, 0) is 30.2 Å². The molecule has 0 saturated heterocycles. The molecule has 0 saturated carbocycles. The third-order valence-corrected chi connectivity index (χ3v) is 4.37. The predicted molar refractivity (Wildman–Crippen MR) is 87.5 cm³/mol. The van der Waals surface area contributed by atoms with Crippen LogP contribution in [0.1, 0.15) is 37.0 Å². The zero-order valence-corrected chi connectivity index (χ0v) is 13.7. The number of aliphatic hydroxyl groups excluding tert-OH is 1. The van der Waals surface area contributed by atoms with Crippen molar-refractivity contribution in [3.8, 4) is 0 Å². The van der Waals surface area contributed by atoms with Crippen molar-refractivity contribution in [3.05, 3.63) is 29.3 Å². The molecule has 6 nitrogen and oxygen atoms in total. The van der Waals surface area contributed by atoms with Crippen LogP contribution in [0.5, 0.6) is 0 Å². The van der Waals surface area contributed by atoms with Gasteiger partial charge >= 0.3 is 5.97 Å². The molecule has 0 radical (unpaired) electrons. The van der Waals surface area contributed by atoms with Crippen molar-refractivity contribution in [1.82, 2.24) is 4.90 Å². The first-order chi connectivity index (χ1) is 10.9. The lowest BCUT2D eigenvalue weighted by molar-refractivity contribution is -0.137. The van der Waals surface area contributed by atoms with E-state index in [1.54, 1.807) is 11.9 Å². The maximum atomic E-state index is 11.7. The van der Waals surface area contributed by atoms with E-state index in [4.69, 9.17) is 5.11 Å². The van der Waals surface area contributed by atoms with Gasteiger partial charge in [-0.15, -0.1) is 0 Å². The van der Waals surface area contributed by atoms with Crippen LogP contribution in [0, 0.1) is 0 Å². The molecule has 1 aliphatic rings. The number of likely N-dealkylation sites (N-methyl/N-ethyl adjacent to an activating group) is 1. The summed E-state index contributed by atoms with van der Waals surface area (Å²) in [5.74, 6) is -0.742. The molecule has 2 rings (SSSR count). The fourth-order valence-corrected chi connectivity index (χ4v) is 2.85. The van der Waals surface area contributed by atoms with Crippen LogP contribution in [0.25, 0.3) is 0 Å². The molecular formula is C17H24N2O4. The Morgan fingerprint density at radius 2 is 2.13 bits per heavy atom. The van der Waals surface area contributed by atoms with Crippen LogP contribution in [-0.2, 0) is 16.0 Å². The summed E-state index contributed by atoms with van der Waals surface area (Å²) in [6.45, 7) is 3.86. The first kappa shape index (κ1) is 17.4. The number of aliphatic hydroxyl groups is 1. The Balaban J connectivity index is 1.93. The maximum absolute atomic E-state index is 11.7. The molecule has 2 N–H and O–H groups in total. The lowest BCUT2D eigenvalue weighted by Gasteiger charge is -2.21. The molecule has 1 amide bonds. The summed E-state index contributed by atoms with van der Waals surface area (Å²) in [7, 11) is 1.76. The van der Waals surface area contributed by atoms with Gasteiger partial charge in [-0.3, -0.25) is 9.59 Å². The van der Waals surface area contributed by atoms with E-state index in [1.807, 2.05) is 30.0 Å². The summed E-state index contributed by atoms with van der Waals surface area (Å²) >= 11 is 0. The number of anilines is 1. The number of benzene rings is 1. The van der Waals surface area contributed by atoms with E-state index in [0.29, 0.717) is 25.9 Å². The Hall–Kier alpha value is -1.92. The Morgan fingerprint density at radius 1 is 1.39 bits per heavy atom. The lowest BCUT2D eigenvalue weighted by Crippen LogP contribution is -2.28. The minimum absolute atomic E-state index is 0.0671. The van der Waals surface area contributed by atoms with E-state index < -0.39 is 12.1 Å². The Bertz CT molecular complexity index is 588. The molecule has 1 aromatic carbocycles. The van der Waals surface area contributed by atoms with Crippen molar-refractivity contribution in [2.24, 2.45) is 0 Å². The van der Waals surface area contributed by atoms with Crippen LogP contribution in [0.4, 0.5) is 5.69 Å². The molecule has 6 heteroatoms. The quantitative estimate of drug-likeness (QED) is 0.757. The number of fused-ring (bicyclic) bond motifs is 1. The number of carbonyl (C=O) groups excluding carboxylic acids is 1. The highest BCUT2D eigenvalue weighted by molar-refractivity contribution is 6.00. The van der Waals surface area contributed by atoms with E-state index in [9.17, 15) is 14.7 Å². The van der Waals surface area contributed by atoms with Crippen LogP contribution >= 0.6 is 0 Å². The second kappa shape index (κ2) is 7.57. The van der Waals surface area contributed by atoms with Gasteiger partial charge in [0, 0.05) is 25.8 Å². The Morgan fingerprint density at radius 3 is 2.78 bits per heavy atom. The van der Waals surface area contributed by atoms with Crippen molar-refractivity contribution in [2.75, 3.05) is 31.6 Å². The van der Waals surface area contributed by atoms with E-state index in [0.717, 1.165) is 23.4 Å². The number of hydrogen-bond donors (Lipinski definition) is 2. The summed E-state index contributed by atoms with van der Waals surface area (Å²) in [4.78, 5) is 26.0. The zero-order valence-electron chi connectivity index (χ0n) is 13.7. The summed E-state index contributed by atoms with van der Waals surface area (Å²) in [6, 6.07) is 5.63. The number of carboxylic acid groups (broad SMARTS) is 1. The van der Waals surface area contributed by atoms with Crippen molar-refractivity contribution in [2.45, 2.75) is 32.3 Å². The first-order valence-corrected chi connectivity index (χ1v) is 7.94. The number of aliphatic carboxylic acids is 1. The lowest BCUT2D eigenvalue weighted by atomic mass is 10.0. The van der Waals surface area contributed by atoms with Crippen molar-refractivity contribution in [3.63, 3.8) is 0 Å². The van der Waals surface area contributed by atoms with E-state index in [-0.39, 0.29) is 12.3 Å². The van der Waals surface area contributed by atoms with Gasteiger partial charge in [0.25, 0.3) is 0 Å². The number of amides is 1. The number of nitrogens with zero attached hydrogens (tertiary/aromatic N) is 2. The van der Waals surface area contributed by atoms with Crippen molar-refractivity contribution >= 4 is 17.6 Å². The number of hydrogen-bond acceptors (Lipinski definition) is 4. The molecule has 0 spiro atoms. The van der Waals surface area contributed by atoms with Gasteiger partial charge in [0.05, 0.1) is 18.9 Å². The third kappa shape index (κ3) is 4.30. The van der Waals surface area contributed by atoms with Crippen LogP contribution in [0.2, 0.25) is 0 Å². The molecule has 0 fully saturated rings. The molecule has 0 aliphatic carbocycles. The topological polar surface area (TPSA) is 81.1 Å². The fourth-order valence-electron chi connectivity index (χ4n) is 2.85. The average Bonchev–Trinajstić information content (AvgIpc) is 2.81. The molecule has 1 heterocycles. The van der Waals surface area contributed by atoms with Gasteiger partial charge in [-0.25, -0.2) is 0 Å². The molecule has 0 bridgehead atoms. The van der Waals surface area contributed by atoms with Crippen molar-refractivity contribution < 1.29 is 19.8 Å². The second-order valence-corrected chi connectivity index (χ2v) is 5.90. The van der Waals surface area contributed by atoms with E-state index in [1.165, 1.54) is 0 Å². The summed E-state index contributed by atoms with van der Waals surface area (Å²) < 4.78 is 0. The highest BCUT2D eigenvalue weighted by Crippen LogP contribution is 2.30. The van der Waals surface area contributed by atoms with Crippen LogP contribution < -0.4 is 4.90 Å². The average molecular weight is 320 g/mol. The molecule has 1 unspecified atom stereocenters. The van der Waals surface area contributed by atoms with Gasteiger partial charge in [0.15, 0.2) is 0 Å².